The van der Waals surface area contributed by atoms with E-state index in [1.165, 1.54) is 53.6 Å². The van der Waals surface area contributed by atoms with E-state index in [1.807, 2.05) is 0 Å². The van der Waals surface area contributed by atoms with Crippen LogP contribution in [0, 0.1) is 0 Å². The Kier molecular flexibility index (Phi) is 3.85. The molecule has 5 heterocycles. The molecule has 0 N–H and O–H groups in total. The Morgan fingerprint density at radius 2 is 1.20 bits per heavy atom. The van der Waals surface area contributed by atoms with Crippen LogP contribution in [0.15, 0.2) is 103 Å². The van der Waals surface area contributed by atoms with E-state index in [0.717, 1.165) is 32.5 Å². The average molecular weight is 549 g/mol. The average Bonchev–Trinajstić information content (AvgIpc) is 3.72. The molecule has 0 amide bonds. The van der Waals surface area contributed by atoms with Crippen molar-refractivity contribution < 1.29 is 0 Å². The topological polar surface area (TPSA) is 35.1 Å². The van der Waals surface area contributed by atoms with Crippen molar-refractivity contribution in [1.29, 1.82) is 0 Å². The third-order valence-corrected chi connectivity index (χ3v) is 9.72. The predicted octanol–water partition coefficient (Wildman–Crippen LogP) is 9.75. The SMILES string of the molecule is Clc1nc(-n2c3ccccc3c3c4c5ccccc5n5c6ccccc6c(cc32)c45)c2sc3ccccc3c2n1. The number of para-hydroxylation sites is 3. The van der Waals surface area contributed by atoms with Gasteiger partial charge in [-0.2, -0.15) is 4.98 Å². The fraction of sp³-hybridized carbons (Fsp3) is 0. The lowest BCUT2D eigenvalue weighted by Gasteiger charge is -2.09. The van der Waals surface area contributed by atoms with Gasteiger partial charge >= 0.3 is 0 Å². The fourth-order valence-corrected chi connectivity index (χ4v) is 8.18. The minimum Gasteiger partial charge on any atom is -0.308 e. The van der Waals surface area contributed by atoms with Gasteiger partial charge < -0.3 is 4.40 Å². The molecule has 40 heavy (non-hydrogen) atoms. The number of nitrogens with zero attached hydrogens (tertiary/aromatic N) is 4. The van der Waals surface area contributed by atoms with Crippen molar-refractivity contribution in [3.63, 3.8) is 0 Å². The molecule has 0 radical (unpaired) electrons. The molecule has 0 fully saturated rings. The molecule has 0 spiro atoms. The zero-order chi connectivity index (χ0) is 26.1. The molecule has 0 saturated heterocycles. The van der Waals surface area contributed by atoms with Gasteiger partial charge in [-0.3, -0.25) is 4.57 Å². The summed E-state index contributed by atoms with van der Waals surface area (Å²) in [7, 11) is 0. The van der Waals surface area contributed by atoms with Crippen LogP contribution in [-0.2, 0) is 0 Å². The third-order valence-electron chi connectivity index (χ3n) is 8.39. The summed E-state index contributed by atoms with van der Waals surface area (Å²) < 4.78 is 6.95. The third kappa shape index (κ3) is 2.44. The molecule has 5 aromatic carbocycles. The van der Waals surface area contributed by atoms with Crippen LogP contribution in [-0.4, -0.2) is 18.9 Å². The monoisotopic (exact) mass is 548 g/mol. The van der Waals surface area contributed by atoms with Gasteiger partial charge in [-0.1, -0.05) is 72.8 Å². The number of halogens is 1. The minimum atomic E-state index is 0.254. The molecule has 186 valence electrons. The Labute approximate surface area is 235 Å². The van der Waals surface area contributed by atoms with Crippen LogP contribution < -0.4 is 0 Å². The molecule has 0 aliphatic rings. The Hall–Kier alpha value is -4.71. The van der Waals surface area contributed by atoms with Crippen LogP contribution in [0.5, 0.6) is 0 Å². The lowest BCUT2D eigenvalue weighted by Crippen LogP contribution is -1.99. The Balaban J connectivity index is 1.52. The van der Waals surface area contributed by atoms with Crippen LogP contribution in [0.25, 0.3) is 86.0 Å². The lowest BCUT2D eigenvalue weighted by atomic mass is 10.0. The number of benzene rings is 5. The van der Waals surface area contributed by atoms with Crippen LogP contribution in [0.1, 0.15) is 0 Å². The van der Waals surface area contributed by atoms with Crippen molar-refractivity contribution in [2.24, 2.45) is 0 Å². The van der Waals surface area contributed by atoms with Crippen molar-refractivity contribution in [2.75, 3.05) is 0 Å². The molecule has 0 atom stereocenters. The van der Waals surface area contributed by atoms with E-state index < -0.39 is 0 Å². The molecular formula is C34H17ClN4S. The molecule has 0 bridgehead atoms. The summed E-state index contributed by atoms with van der Waals surface area (Å²) in [5, 5.41) is 8.83. The highest BCUT2D eigenvalue weighted by Crippen LogP contribution is 2.47. The largest absolute Gasteiger partial charge is 0.308 e. The molecule has 0 saturated carbocycles. The number of rotatable bonds is 1. The Morgan fingerprint density at radius 3 is 2.00 bits per heavy atom. The minimum absolute atomic E-state index is 0.254. The predicted molar refractivity (Wildman–Crippen MR) is 169 cm³/mol. The number of thiophene rings is 1. The van der Waals surface area contributed by atoms with E-state index in [1.54, 1.807) is 11.3 Å². The molecular weight excluding hydrogens is 532 g/mol. The number of hydrogen-bond donors (Lipinski definition) is 0. The van der Waals surface area contributed by atoms with E-state index in [4.69, 9.17) is 21.6 Å². The van der Waals surface area contributed by atoms with E-state index in [0.29, 0.717) is 0 Å². The van der Waals surface area contributed by atoms with Gasteiger partial charge in [0, 0.05) is 42.4 Å². The van der Waals surface area contributed by atoms with Crippen LogP contribution in [0.2, 0.25) is 5.28 Å². The fourth-order valence-electron chi connectivity index (χ4n) is 6.89. The van der Waals surface area contributed by atoms with Crippen molar-refractivity contribution >= 4 is 103 Å². The summed E-state index contributed by atoms with van der Waals surface area (Å²) in [5.74, 6) is 0.823. The number of fused-ring (bicyclic) bond motifs is 13. The van der Waals surface area contributed by atoms with Crippen molar-refractivity contribution in [3.8, 4) is 5.82 Å². The van der Waals surface area contributed by atoms with Crippen molar-refractivity contribution in [1.82, 2.24) is 18.9 Å². The Bertz CT molecular complexity index is 2680. The maximum absolute atomic E-state index is 6.66. The van der Waals surface area contributed by atoms with Gasteiger partial charge in [-0.05, 0) is 41.9 Å². The summed E-state index contributed by atoms with van der Waals surface area (Å²) in [6, 6.07) is 36.9. The van der Waals surface area contributed by atoms with Crippen LogP contribution in [0.3, 0.4) is 0 Å². The first-order valence-corrected chi connectivity index (χ1v) is 14.4. The summed E-state index contributed by atoms with van der Waals surface area (Å²) in [6.45, 7) is 0. The summed E-state index contributed by atoms with van der Waals surface area (Å²) in [5.41, 5.74) is 6.85. The van der Waals surface area contributed by atoms with Gasteiger partial charge in [-0.25, -0.2) is 4.98 Å². The van der Waals surface area contributed by atoms with Gasteiger partial charge in [0.2, 0.25) is 5.28 Å². The van der Waals surface area contributed by atoms with Gasteiger partial charge in [0.15, 0.2) is 5.82 Å². The maximum Gasteiger partial charge on any atom is 0.225 e. The van der Waals surface area contributed by atoms with E-state index in [9.17, 15) is 0 Å². The second kappa shape index (κ2) is 7.27. The number of aromatic nitrogens is 4. The maximum atomic E-state index is 6.66. The molecule has 0 aliphatic carbocycles. The second-order valence-corrected chi connectivity index (χ2v) is 11.7. The highest BCUT2D eigenvalue weighted by Gasteiger charge is 2.25. The normalized spacial score (nSPS) is 12.6. The lowest BCUT2D eigenvalue weighted by molar-refractivity contribution is 1.08. The quantitative estimate of drug-likeness (QED) is 0.191. The molecule has 10 rings (SSSR count). The summed E-state index contributed by atoms with van der Waals surface area (Å²) >= 11 is 8.38. The van der Waals surface area contributed by atoms with E-state index in [-0.39, 0.29) is 5.28 Å². The second-order valence-electron chi connectivity index (χ2n) is 10.4. The molecule has 5 aromatic heterocycles. The molecule has 10 aromatic rings. The van der Waals surface area contributed by atoms with Gasteiger partial charge in [0.05, 0.1) is 37.8 Å². The molecule has 0 aliphatic heterocycles. The molecule has 0 unspecified atom stereocenters. The van der Waals surface area contributed by atoms with Crippen molar-refractivity contribution in [3.05, 3.63) is 108 Å². The zero-order valence-corrected chi connectivity index (χ0v) is 22.5. The molecule has 4 nitrogen and oxygen atoms in total. The smallest absolute Gasteiger partial charge is 0.225 e. The van der Waals surface area contributed by atoms with E-state index >= 15 is 0 Å². The highest BCUT2D eigenvalue weighted by atomic mass is 35.5. The molecule has 6 heteroatoms. The standard InChI is InChI=1S/C34H17ClN4S/c35-34-36-30-21-12-4-8-16-27(21)40-32(30)33(37-34)39-25-15-7-2-10-19(25)28-26(39)17-22-18-9-1-5-13-23(18)38-24-14-6-3-11-20(24)29(28)31(22)38/h1-17H. The summed E-state index contributed by atoms with van der Waals surface area (Å²) in [4.78, 5) is 9.60. The first-order chi connectivity index (χ1) is 19.8. The van der Waals surface area contributed by atoms with Gasteiger partial charge in [0.25, 0.3) is 0 Å². The zero-order valence-electron chi connectivity index (χ0n) is 20.9. The highest BCUT2D eigenvalue weighted by molar-refractivity contribution is 7.26. The first kappa shape index (κ1) is 21.2. The van der Waals surface area contributed by atoms with Crippen LogP contribution >= 0.6 is 22.9 Å². The first-order valence-electron chi connectivity index (χ1n) is 13.2. The van der Waals surface area contributed by atoms with Gasteiger partial charge in [0.1, 0.15) is 0 Å². The van der Waals surface area contributed by atoms with Crippen molar-refractivity contribution in [2.45, 2.75) is 0 Å². The summed E-state index contributed by atoms with van der Waals surface area (Å²) in [6.07, 6.45) is 0. The van der Waals surface area contributed by atoms with Gasteiger partial charge in [-0.15, -0.1) is 11.3 Å². The van der Waals surface area contributed by atoms with Crippen LogP contribution in [0.4, 0.5) is 0 Å². The Morgan fingerprint density at radius 1 is 0.575 bits per heavy atom. The number of hydrogen-bond acceptors (Lipinski definition) is 3. The van der Waals surface area contributed by atoms with E-state index in [2.05, 4.69) is 112 Å².